The number of nitrogens with one attached hydrogen (secondary N) is 1. The zero-order valence-electron chi connectivity index (χ0n) is 16.1. The first-order valence-corrected chi connectivity index (χ1v) is 9.24. The summed E-state index contributed by atoms with van der Waals surface area (Å²) in [7, 11) is 1.63. The van der Waals surface area contributed by atoms with Crippen molar-refractivity contribution in [2.75, 3.05) is 25.1 Å². The summed E-state index contributed by atoms with van der Waals surface area (Å²) in [6.07, 6.45) is 1.51. The molecule has 5 heteroatoms. The van der Waals surface area contributed by atoms with Crippen molar-refractivity contribution in [1.82, 2.24) is 5.32 Å². The van der Waals surface area contributed by atoms with Crippen LogP contribution in [0.5, 0.6) is 5.75 Å². The second-order valence-corrected chi connectivity index (χ2v) is 7.32. The van der Waals surface area contributed by atoms with Crippen LogP contribution in [-0.2, 0) is 22.4 Å². The van der Waals surface area contributed by atoms with Gasteiger partial charge in [0.25, 0.3) is 0 Å². The molecule has 1 aliphatic rings. The van der Waals surface area contributed by atoms with E-state index < -0.39 is 5.41 Å². The summed E-state index contributed by atoms with van der Waals surface area (Å²) in [5, 5.41) is 2.91. The normalized spacial score (nSPS) is 13.2. The lowest BCUT2D eigenvalue weighted by molar-refractivity contribution is -0.139. The predicted molar refractivity (Wildman–Crippen MR) is 106 cm³/mol. The van der Waals surface area contributed by atoms with Crippen molar-refractivity contribution in [1.29, 1.82) is 0 Å². The van der Waals surface area contributed by atoms with E-state index >= 15 is 0 Å². The maximum atomic E-state index is 13.0. The molecule has 1 aliphatic heterocycles. The van der Waals surface area contributed by atoms with E-state index in [1.165, 1.54) is 0 Å². The topological polar surface area (TPSA) is 58.6 Å². The maximum Gasteiger partial charge on any atom is 0.242 e. The Morgan fingerprint density at radius 3 is 2.70 bits per heavy atom. The molecule has 1 heterocycles. The van der Waals surface area contributed by atoms with Crippen LogP contribution in [0.15, 0.2) is 48.5 Å². The highest BCUT2D eigenvalue weighted by Crippen LogP contribution is 2.31. The van der Waals surface area contributed by atoms with Crippen LogP contribution < -0.4 is 15.0 Å². The molecular weight excluding hydrogens is 340 g/mol. The van der Waals surface area contributed by atoms with Gasteiger partial charge in [0.2, 0.25) is 11.8 Å². The molecule has 2 amide bonds. The van der Waals surface area contributed by atoms with Gasteiger partial charge in [-0.25, -0.2) is 0 Å². The van der Waals surface area contributed by atoms with Gasteiger partial charge in [-0.2, -0.15) is 0 Å². The van der Waals surface area contributed by atoms with Gasteiger partial charge in [-0.15, -0.1) is 0 Å². The number of benzene rings is 2. The molecule has 0 radical (unpaired) electrons. The van der Waals surface area contributed by atoms with Gasteiger partial charge in [-0.05, 0) is 56.0 Å². The number of carbonyl (C=O) groups is 2. The minimum Gasteiger partial charge on any atom is -0.497 e. The van der Waals surface area contributed by atoms with E-state index in [4.69, 9.17) is 4.74 Å². The van der Waals surface area contributed by atoms with Gasteiger partial charge in [0.15, 0.2) is 0 Å². The van der Waals surface area contributed by atoms with Crippen molar-refractivity contribution in [2.24, 2.45) is 5.41 Å². The van der Waals surface area contributed by atoms with Gasteiger partial charge in [-0.3, -0.25) is 9.59 Å². The Morgan fingerprint density at radius 2 is 1.93 bits per heavy atom. The molecule has 0 saturated heterocycles. The number of nitrogens with zero attached hydrogens (tertiary/aromatic N) is 1. The zero-order chi connectivity index (χ0) is 19.4. The average Bonchev–Trinajstić information content (AvgIpc) is 3.11. The first-order chi connectivity index (χ1) is 12.9. The number of anilines is 1. The minimum atomic E-state index is -1.12. The third kappa shape index (κ3) is 3.97. The number of fused-ring (bicyclic) bond motifs is 1. The summed E-state index contributed by atoms with van der Waals surface area (Å²) in [4.78, 5) is 27.5. The average molecular weight is 366 g/mol. The van der Waals surface area contributed by atoms with Gasteiger partial charge >= 0.3 is 0 Å². The number of methoxy groups -OCH3 is 1. The number of carbonyl (C=O) groups excluding carboxylic acids is 2. The monoisotopic (exact) mass is 366 g/mol. The Kier molecular flexibility index (Phi) is 5.49. The van der Waals surface area contributed by atoms with E-state index in [0.717, 1.165) is 29.0 Å². The Hall–Kier alpha value is -2.82. The molecule has 0 saturated carbocycles. The number of para-hydroxylation sites is 1. The van der Waals surface area contributed by atoms with E-state index in [0.29, 0.717) is 19.5 Å². The summed E-state index contributed by atoms with van der Waals surface area (Å²) in [5.41, 5.74) is 2.03. The van der Waals surface area contributed by atoms with Crippen LogP contribution in [0.1, 0.15) is 25.0 Å². The van der Waals surface area contributed by atoms with E-state index in [1.807, 2.05) is 48.5 Å². The largest absolute Gasteiger partial charge is 0.497 e. The van der Waals surface area contributed by atoms with Crippen molar-refractivity contribution < 1.29 is 14.3 Å². The fourth-order valence-electron chi connectivity index (χ4n) is 3.35. The van der Waals surface area contributed by atoms with Crippen molar-refractivity contribution in [3.63, 3.8) is 0 Å². The molecule has 27 heavy (non-hydrogen) atoms. The third-order valence-electron chi connectivity index (χ3n) is 5.07. The first kappa shape index (κ1) is 19.0. The lowest BCUT2D eigenvalue weighted by atomic mass is 9.90. The Bertz CT molecular complexity index is 845. The van der Waals surface area contributed by atoms with Crippen LogP contribution in [0.25, 0.3) is 0 Å². The molecule has 0 aromatic heterocycles. The molecule has 2 aromatic rings. The Labute approximate surface area is 160 Å². The number of hydrogen-bond acceptors (Lipinski definition) is 3. The molecule has 0 atom stereocenters. The van der Waals surface area contributed by atoms with Crippen LogP contribution in [0.4, 0.5) is 5.69 Å². The summed E-state index contributed by atoms with van der Waals surface area (Å²) in [6.45, 7) is 4.48. The zero-order valence-corrected chi connectivity index (χ0v) is 16.1. The third-order valence-corrected chi connectivity index (χ3v) is 5.07. The van der Waals surface area contributed by atoms with E-state index in [1.54, 1.807) is 25.9 Å². The van der Waals surface area contributed by atoms with E-state index in [-0.39, 0.29) is 11.8 Å². The highest BCUT2D eigenvalue weighted by Gasteiger charge is 2.41. The molecule has 0 unspecified atom stereocenters. The van der Waals surface area contributed by atoms with Gasteiger partial charge in [-0.1, -0.05) is 30.3 Å². The minimum absolute atomic E-state index is 0.161. The van der Waals surface area contributed by atoms with E-state index in [2.05, 4.69) is 5.32 Å². The molecular formula is C22H26N2O3. The number of hydrogen-bond donors (Lipinski definition) is 1. The summed E-state index contributed by atoms with van der Waals surface area (Å²) in [5.74, 6) is 0.383. The SMILES string of the molecule is COc1cccc(CCNC(=O)C(C)(C)C(=O)N2CCc3ccccc32)c1. The first-order valence-electron chi connectivity index (χ1n) is 9.24. The lowest BCUT2D eigenvalue weighted by Crippen LogP contribution is -2.49. The smallest absolute Gasteiger partial charge is 0.242 e. The lowest BCUT2D eigenvalue weighted by Gasteiger charge is -2.28. The molecule has 1 N–H and O–H groups in total. The molecule has 142 valence electrons. The summed E-state index contributed by atoms with van der Waals surface area (Å²) >= 11 is 0. The van der Waals surface area contributed by atoms with E-state index in [9.17, 15) is 9.59 Å². The molecule has 0 aliphatic carbocycles. The number of rotatable bonds is 6. The van der Waals surface area contributed by atoms with Crippen LogP contribution in [0.3, 0.4) is 0 Å². The molecule has 5 nitrogen and oxygen atoms in total. The van der Waals surface area contributed by atoms with Gasteiger partial charge < -0.3 is 15.0 Å². The summed E-state index contributed by atoms with van der Waals surface area (Å²) < 4.78 is 5.22. The highest BCUT2D eigenvalue weighted by atomic mass is 16.5. The van der Waals surface area contributed by atoms with Crippen LogP contribution in [-0.4, -0.2) is 32.0 Å². The predicted octanol–water partition coefficient (Wildman–Crippen LogP) is 2.97. The molecule has 0 spiro atoms. The van der Waals surface area contributed by atoms with Gasteiger partial charge in [0.05, 0.1) is 7.11 Å². The highest BCUT2D eigenvalue weighted by molar-refractivity contribution is 6.11. The molecule has 0 fully saturated rings. The second-order valence-electron chi connectivity index (χ2n) is 7.32. The second kappa shape index (κ2) is 7.82. The van der Waals surface area contributed by atoms with Crippen molar-refractivity contribution in [3.8, 4) is 5.75 Å². The molecule has 0 bridgehead atoms. The van der Waals surface area contributed by atoms with Crippen LogP contribution in [0.2, 0.25) is 0 Å². The number of ether oxygens (including phenoxy) is 1. The summed E-state index contributed by atoms with van der Waals surface area (Å²) in [6, 6.07) is 15.6. The van der Waals surface area contributed by atoms with Crippen LogP contribution in [0, 0.1) is 5.41 Å². The van der Waals surface area contributed by atoms with Crippen molar-refractivity contribution in [3.05, 3.63) is 59.7 Å². The molecule has 3 rings (SSSR count). The Morgan fingerprint density at radius 1 is 1.15 bits per heavy atom. The number of amides is 2. The molecule has 2 aromatic carbocycles. The van der Waals surface area contributed by atoms with Gasteiger partial charge in [0.1, 0.15) is 11.2 Å². The van der Waals surface area contributed by atoms with Crippen molar-refractivity contribution >= 4 is 17.5 Å². The van der Waals surface area contributed by atoms with Crippen LogP contribution >= 0.6 is 0 Å². The maximum absolute atomic E-state index is 13.0. The van der Waals surface area contributed by atoms with Crippen molar-refractivity contribution in [2.45, 2.75) is 26.7 Å². The standard InChI is InChI=1S/C22H26N2O3/c1-22(2,21(26)24-14-12-17-8-4-5-10-19(17)24)20(25)23-13-11-16-7-6-9-18(15-16)27-3/h4-10,15H,11-14H2,1-3H3,(H,23,25). The Balaban J connectivity index is 1.60. The quantitative estimate of drug-likeness (QED) is 0.800. The van der Waals surface area contributed by atoms with Gasteiger partial charge in [0, 0.05) is 18.8 Å². The fraction of sp³-hybridized carbons (Fsp3) is 0.364. The fourth-order valence-corrected chi connectivity index (χ4v) is 3.35.